The Labute approximate surface area is 237 Å². The number of aromatic nitrogens is 2. The van der Waals surface area contributed by atoms with E-state index in [-0.39, 0.29) is 24.1 Å². The third-order valence-corrected chi connectivity index (χ3v) is 7.34. The maximum Gasteiger partial charge on any atom is 0.266 e. The Hall–Kier alpha value is -4.08. The van der Waals surface area contributed by atoms with Crippen molar-refractivity contribution in [1.29, 1.82) is 0 Å². The van der Waals surface area contributed by atoms with Gasteiger partial charge in [-0.05, 0) is 68.4 Å². The number of hydrogen-bond donors (Lipinski definition) is 1. The number of nitrogens with zero attached hydrogens (tertiary/aromatic N) is 4. The van der Waals surface area contributed by atoms with E-state index in [9.17, 15) is 9.59 Å². The normalized spacial score (nSPS) is 14.7. The fraction of sp³-hybridized carbons (Fsp3) is 0.300. The van der Waals surface area contributed by atoms with E-state index in [0.29, 0.717) is 77.4 Å². The van der Waals surface area contributed by atoms with Crippen molar-refractivity contribution in [3.8, 4) is 17.2 Å². The van der Waals surface area contributed by atoms with Crippen molar-refractivity contribution < 1.29 is 14.3 Å². The molecule has 9 nitrogen and oxygen atoms in total. The van der Waals surface area contributed by atoms with Gasteiger partial charge >= 0.3 is 0 Å². The second-order valence-corrected chi connectivity index (χ2v) is 10.1. The zero-order valence-electron chi connectivity index (χ0n) is 22.5. The van der Waals surface area contributed by atoms with Crippen LogP contribution in [-0.2, 0) is 4.79 Å². The van der Waals surface area contributed by atoms with E-state index in [0.717, 1.165) is 0 Å². The van der Waals surface area contributed by atoms with Crippen LogP contribution in [0.1, 0.15) is 25.7 Å². The van der Waals surface area contributed by atoms with Gasteiger partial charge in [-0.3, -0.25) is 19.1 Å². The summed E-state index contributed by atoms with van der Waals surface area (Å²) in [7, 11) is 0. The maximum atomic E-state index is 13.9. The highest BCUT2D eigenvalue weighted by Gasteiger charge is 2.29. The molecular weight excluding hydrogens is 530 g/mol. The Balaban J connectivity index is 1.39. The fourth-order valence-electron chi connectivity index (χ4n) is 4.94. The van der Waals surface area contributed by atoms with Gasteiger partial charge in [0.15, 0.2) is 6.61 Å². The molecule has 1 fully saturated rings. The minimum atomic E-state index is -0.226. The number of carbonyl (C=O) groups is 1. The van der Waals surface area contributed by atoms with E-state index in [2.05, 4.69) is 4.90 Å². The van der Waals surface area contributed by atoms with E-state index in [1.165, 1.54) is 0 Å². The Bertz CT molecular complexity index is 1570. The zero-order chi connectivity index (χ0) is 28.2. The van der Waals surface area contributed by atoms with Crippen LogP contribution in [0.5, 0.6) is 11.5 Å². The van der Waals surface area contributed by atoms with E-state index >= 15 is 0 Å². The maximum absolute atomic E-state index is 13.9. The summed E-state index contributed by atoms with van der Waals surface area (Å²) in [6.07, 6.45) is 0. The number of ether oxygens (including phenoxy) is 2. The summed E-state index contributed by atoms with van der Waals surface area (Å²) >= 11 is 5.92. The molecule has 1 aliphatic heterocycles. The summed E-state index contributed by atoms with van der Waals surface area (Å²) in [5.74, 6) is 1.71. The third-order valence-electron chi connectivity index (χ3n) is 7.09. The number of amides is 1. The molecule has 1 aliphatic rings. The monoisotopic (exact) mass is 561 g/mol. The van der Waals surface area contributed by atoms with Crippen molar-refractivity contribution in [3.63, 3.8) is 0 Å². The highest BCUT2D eigenvalue weighted by atomic mass is 35.5. The van der Waals surface area contributed by atoms with Gasteiger partial charge in [-0.1, -0.05) is 23.7 Å². The Morgan fingerprint density at radius 2 is 1.75 bits per heavy atom. The first kappa shape index (κ1) is 27.5. The van der Waals surface area contributed by atoms with Crippen LogP contribution >= 0.6 is 11.6 Å². The van der Waals surface area contributed by atoms with Crippen molar-refractivity contribution in [1.82, 2.24) is 19.4 Å². The molecule has 2 N–H and O–H groups in total. The smallest absolute Gasteiger partial charge is 0.266 e. The zero-order valence-corrected chi connectivity index (χ0v) is 23.3. The third kappa shape index (κ3) is 5.76. The number of piperazine rings is 1. The number of halogens is 1. The summed E-state index contributed by atoms with van der Waals surface area (Å²) in [6, 6.07) is 19.3. The number of para-hydroxylation sites is 2. The lowest BCUT2D eigenvalue weighted by Gasteiger charge is -2.38. The Morgan fingerprint density at radius 1 is 1.02 bits per heavy atom. The van der Waals surface area contributed by atoms with Gasteiger partial charge in [-0.25, -0.2) is 4.98 Å². The topological polar surface area (TPSA) is 103 Å². The minimum absolute atomic E-state index is 0.0431. The van der Waals surface area contributed by atoms with Gasteiger partial charge in [0.1, 0.15) is 17.3 Å². The second kappa shape index (κ2) is 12.0. The lowest BCUT2D eigenvalue weighted by atomic mass is 10.1. The van der Waals surface area contributed by atoms with Crippen LogP contribution in [0, 0.1) is 0 Å². The van der Waals surface area contributed by atoms with Crippen LogP contribution in [-0.4, -0.2) is 64.7 Å². The van der Waals surface area contributed by atoms with Crippen molar-refractivity contribution in [2.45, 2.75) is 19.9 Å². The van der Waals surface area contributed by atoms with Gasteiger partial charge in [0.2, 0.25) is 0 Å². The first-order chi connectivity index (χ1) is 19.4. The molecule has 1 aromatic heterocycles. The first-order valence-electron chi connectivity index (χ1n) is 13.3. The molecule has 40 heavy (non-hydrogen) atoms. The molecule has 10 heteroatoms. The number of benzene rings is 3. The number of nitrogens with two attached hydrogens (primary N) is 1. The van der Waals surface area contributed by atoms with E-state index < -0.39 is 0 Å². The van der Waals surface area contributed by atoms with Crippen LogP contribution in [0.3, 0.4) is 0 Å². The molecule has 208 valence electrons. The van der Waals surface area contributed by atoms with Gasteiger partial charge < -0.3 is 20.1 Å². The molecular formula is C30H32ClN5O4. The standard InChI is InChI=1S/C30H32ClN5O4/c1-3-39-27-7-5-4-6-26(27)36-29(33-25-18-22(32)10-13-24(25)30(36)38)20(2)34-14-16-35(17-15-34)28(37)19-40-23-11-8-21(31)9-12-23/h4-13,18,20H,3,14-17,19,32H2,1-2H3. The summed E-state index contributed by atoms with van der Waals surface area (Å²) in [5, 5.41) is 1.09. The number of hydrogen-bond acceptors (Lipinski definition) is 7. The summed E-state index contributed by atoms with van der Waals surface area (Å²) in [5.41, 5.74) is 7.57. The number of nitrogen functional groups attached to an aromatic ring is 1. The number of fused-ring (bicyclic) bond motifs is 1. The van der Waals surface area contributed by atoms with Crippen LogP contribution in [0.25, 0.3) is 16.6 Å². The van der Waals surface area contributed by atoms with Crippen molar-refractivity contribution in [2.75, 3.05) is 45.1 Å². The predicted molar refractivity (Wildman–Crippen MR) is 156 cm³/mol. The Kier molecular flexibility index (Phi) is 8.23. The van der Waals surface area contributed by atoms with Gasteiger partial charge in [-0.2, -0.15) is 0 Å². The molecule has 0 saturated carbocycles. The SMILES string of the molecule is CCOc1ccccc1-n1c(C(C)N2CCN(C(=O)COc3ccc(Cl)cc3)CC2)nc2cc(N)ccc2c1=O. The van der Waals surface area contributed by atoms with Crippen LogP contribution in [0.15, 0.2) is 71.5 Å². The average molecular weight is 562 g/mol. The van der Waals surface area contributed by atoms with Crippen LogP contribution in [0.4, 0.5) is 5.69 Å². The molecule has 1 amide bonds. The van der Waals surface area contributed by atoms with Crippen LogP contribution < -0.4 is 20.8 Å². The van der Waals surface area contributed by atoms with E-state index in [1.54, 1.807) is 51.9 Å². The van der Waals surface area contributed by atoms with Gasteiger partial charge in [0, 0.05) is 36.9 Å². The number of rotatable bonds is 8. The van der Waals surface area contributed by atoms with Gasteiger partial charge in [0.25, 0.3) is 11.5 Å². The summed E-state index contributed by atoms with van der Waals surface area (Å²) in [6.45, 7) is 6.66. The molecule has 1 unspecified atom stereocenters. The minimum Gasteiger partial charge on any atom is -0.492 e. The summed E-state index contributed by atoms with van der Waals surface area (Å²) < 4.78 is 13.2. The molecule has 0 radical (unpaired) electrons. The molecule has 3 aromatic carbocycles. The quantitative estimate of drug-likeness (QED) is 0.320. The lowest BCUT2D eigenvalue weighted by Crippen LogP contribution is -2.51. The molecule has 0 bridgehead atoms. The predicted octanol–water partition coefficient (Wildman–Crippen LogP) is 4.30. The van der Waals surface area contributed by atoms with Crippen molar-refractivity contribution in [2.24, 2.45) is 0 Å². The molecule has 4 aromatic rings. The van der Waals surface area contributed by atoms with Crippen molar-refractivity contribution >= 4 is 34.1 Å². The lowest BCUT2D eigenvalue weighted by molar-refractivity contribution is -0.135. The van der Waals surface area contributed by atoms with Crippen LogP contribution in [0.2, 0.25) is 5.02 Å². The average Bonchev–Trinajstić information content (AvgIpc) is 2.97. The number of carbonyl (C=O) groups excluding carboxylic acids is 1. The van der Waals surface area contributed by atoms with Gasteiger partial charge in [0.05, 0.1) is 29.2 Å². The molecule has 1 atom stereocenters. The fourth-order valence-corrected chi connectivity index (χ4v) is 5.07. The number of anilines is 1. The highest BCUT2D eigenvalue weighted by molar-refractivity contribution is 6.30. The van der Waals surface area contributed by atoms with E-state index in [1.807, 2.05) is 38.1 Å². The molecule has 1 saturated heterocycles. The van der Waals surface area contributed by atoms with E-state index in [4.69, 9.17) is 31.8 Å². The largest absolute Gasteiger partial charge is 0.492 e. The second-order valence-electron chi connectivity index (χ2n) is 9.62. The Morgan fingerprint density at radius 3 is 2.48 bits per heavy atom. The first-order valence-corrected chi connectivity index (χ1v) is 13.7. The molecule has 0 spiro atoms. The van der Waals surface area contributed by atoms with Crippen molar-refractivity contribution in [3.05, 3.63) is 87.9 Å². The molecule has 2 heterocycles. The highest BCUT2D eigenvalue weighted by Crippen LogP contribution is 2.28. The summed E-state index contributed by atoms with van der Waals surface area (Å²) in [4.78, 5) is 35.7. The molecule has 0 aliphatic carbocycles. The molecule has 5 rings (SSSR count). The van der Waals surface area contributed by atoms with Gasteiger partial charge in [-0.15, -0.1) is 0 Å².